The molecule has 1 heterocycles. The largest absolute Gasteiger partial charge is 0.465 e. The number of rotatable bonds is 26. The molecule has 11 nitrogen and oxygen atoms in total. The number of carbonyl (C=O) groups excluding carboxylic acids is 3. The molecule has 0 atom stereocenters. The molecule has 0 aliphatic carbocycles. The zero-order valence-electron chi connectivity index (χ0n) is 25.6. The van der Waals surface area contributed by atoms with Gasteiger partial charge < -0.3 is 23.7 Å². The first-order valence-electron chi connectivity index (χ1n) is 13.8. The molecular weight excluding hydrogens is 731 g/mol. The van der Waals surface area contributed by atoms with E-state index in [0.717, 1.165) is 21.8 Å². The minimum absolute atomic E-state index is 0.0317. The maximum Gasteiger partial charge on any atom is 0.306 e. The van der Waals surface area contributed by atoms with Crippen LogP contribution in [0.15, 0.2) is 52.8 Å². The van der Waals surface area contributed by atoms with Crippen molar-refractivity contribution in [3.63, 3.8) is 0 Å². The van der Waals surface area contributed by atoms with Crippen LogP contribution in [0, 0.1) is 5.41 Å². The van der Waals surface area contributed by atoms with Crippen LogP contribution in [0.1, 0.15) is 19.3 Å². The van der Waals surface area contributed by atoms with Crippen LogP contribution in [-0.2, 0) is 38.1 Å². The lowest BCUT2D eigenvalue weighted by Crippen LogP contribution is -2.43. The summed E-state index contributed by atoms with van der Waals surface area (Å²) in [6.07, 6.45) is 3.99. The number of aromatic nitrogens is 3. The van der Waals surface area contributed by atoms with Crippen LogP contribution in [0.3, 0.4) is 0 Å². The monoisotopic (exact) mass is 773 g/mol. The summed E-state index contributed by atoms with van der Waals surface area (Å²) in [5.41, 5.74) is -1.09. The summed E-state index contributed by atoms with van der Waals surface area (Å²) in [5, 5.41) is 3.82. The molecule has 1 aromatic rings. The molecule has 0 aliphatic rings. The van der Waals surface area contributed by atoms with Crippen molar-refractivity contribution in [1.82, 2.24) is 15.0 Å². The second kappa shape index (κ2) is 30.1. The number of esters is 3. The van der Waals surface area contributed by atoms with E-state index in [1.54, 1.807) is 28.9 Å². The van der Waals surface area contributed by atoms with Crippen molar-refractivity contribution in [2.75, 3.05) is 74.3 Å². The highest BCUT2D eigenvalue weighted by atomic mass is 32.2. The molecule has 0 saturated heterocycles. The molecule has 0 bridgehead atoms. The standard InChI is InChI=1S/C17H30O8S4.C11H13N3S3/c18-14(1-5-26)23-10-17(9-22-13-21-4-8-29,11-24-15(19)2-6-27)12-25-16(20)3-7-28;1-4-7-16-10-12-9(15-6-3)13-11(14-10)17-8-5-2/h26-29H,1-13H2;4-6H,1-3,7-8H2. The van der Waals surface area contributed by atoms with Gasteiger partial charge in [-0.1, -0.05) is 54.0 Å². The van der Waals surface area contributed by atoms with E-state index < -0.39 is 23.3 Å². The van der Waals surface area contributed by atoms with Gasteiger partial charge in [0.15, 0.2) is 15.5 Å². The van der Waals surface area contributed by atoms with Crippen LogP contribution in [0.25, 0.3) is 0 Å². The summed E-state index contributed by atoms with van der Waals surface area (Å²) in [6, 6.07) is 0. The SMILES string of the molecule is C=CCSc1nc(SC=C)nc(SCC=C)n1.O=C(CCS)OCC(COCOCCS)(COC(=O)CCS)COC(=O)CCS. The fourth-order valence-electron chi connectivity index (χ4n) is 2.73. The molecule has 46 heavy (non-hydrogen) atoms. The van der Waals surface area contributed by atoms with Crippen molar-refractivity contribution in [3.05, 3.63) is 37.3 Å². The van der Waals surface area contributed by atoms with Gasteiger partial charge in [-0.05, 0) is 5.41 Å². The highest BCUT2D eigenvalue weighted by molar-refractivity contribution is 8.02. The third-order valence-electron chi connectivity index (χ3n) is 4.80. The van der Waals surface area contributed by atoms with Crippen molar-refractivity contribution in [2.45, 2.75) is 34.7 Å². The molecular formula is C28H43N3O8S7. The number of thiol groups is 4. The number of hydrogen-bond donors (Lipinski definition) is 4. The highest BCUT2D eigenvalue weighted by Crippen LogP contribution is 2.24. The van der Waals surface area contributed by atoms with E-state index in [-0.39, 0.29) is 52.5 Å². The molecule has 260 valence electrons. The molecule has 0 saturated carbocycles. The molecule has 0 radical (unpaired) electrons. The second-order valence-electron chi connectivity index (χ2n) is 8.67. The predicted molar refractivity (Wildman–Crippen MR) is 199 cm³/mol. The highest BCUT2D eigenvalue weighted by Gasteiger charge is 2.36. The Morgan fingerprint density at radius 1 is 0.652 bits per heavy atom. The molecule has 0 amide bonds. The Hall–Kier alpha value is -0.990. The first-order valence-corrected chi connectivity index (χ1v) is 19.2. The fraction of sp³-hybridized carbons (Fsp3) is 0.571. The maximum atomic E-state index is 11.8. The van der Waals surface area contributed by atoms with Crippen molar-refractivity contribution in [3.8, 4) is 0 Å². The van der Waals surface area contributed by atoms with E-state index in [0.29, 0.717) is 34.8 Å². The normalized spacial score (nSPS) is 10.7. The molecule has 0 aliphatic heterocycles. The van der Waals surface area contributed by atoms with Crippen LogP contribution in [0.5, 0.6) is 0 Å². The molecule has 0 unspecified atom stereocenters. The van der Waals surface area contributed by atoms with Crippen LogP contribution in [-0.4, -0.2) is 107 Å². The van der Waals surface area contributed by atoms with E-state index in [2.05, 4.69) is 85.2 Å². The van der Waals surface area contributed by atoms with Crippen LogP contribution in [0.2, 0.25) is 0 Å². The van der Waals surface area contributed by atoms with Gasteiger partial charge >= 0.3 is 17.9 Å². The Labute approximate surface area is 306 Å². The summed E-state index contributed by atoms with van der Waals surface area (Å²) in [4.78, 5) is 48.4. The summed E-state index contributed by atoms with van der Waals surface area (Å²) >= 11 is 20.5. The van der Waals surface area contributed by atoms with E-state index in [1.165, 1.54) is 11.8 Å². The smallest absolute Gasteiger partial charge is 0.306 e. The lowest BCUT2D eigenvalue weighted by Gasteiger charge is -2.31. The number of ether oxygens (including phenoxy) is 5. The Balaban J connectivity index is 0.00000100. The molecule has 1 rings (SSSR count). The number of hydrogen-bond acceptors (Lipinski definition) is 18. The van der Waals surface area contributed by atoms with Gasteiger partial charge in [-0.2, -0.15) is 65.5 Å². The van der Waals surface area contributed by atoms with E-state index in [4.69, 9.17) is 23.7 Å². The van der Waals surface area contributed by atoms with Crippen molar-refractivity contribution < 1.29 is 38.1 Å². The van der Waals surface area contributed by atoms with E-state index in [1.807, 2.05) is 12.2 Å². The van der Waals surface area contributed by atoms with Crippen molar-refractivity contribution in [1.29, 1.82) is 0 Å². The summed E-state index contributed by atoms with van der Waals surface area (Å²) in [7, 11) is 0. The number of nitrogens with zero attached hydrogens (tertiary/aromatic N) is 3. The van der Waals surface area contributed by atoms with E-state index in [9.17, 15) is 14.4 Å². The second-order valence-corrected chi connectivity index (χ2v) is 13.4. The van der Waals surface area contributed by atoms with Crippen LogP contribution in [0.4, 0.5) is 0 Å². The van der Waals surface area contributed by atoms with E-state index >= 15 is 0 Å². The lowest BCUT2D eigenvalue weighted by atomic mass is 9.92. The Morgan fingerprint density at radius 2 is 1.09 bits per heavy atom. The number of carbonyl (C=O) groups is 3. The van der Waals surface area contributed by atoms with Crippen molar-refractivity contribution in [2.24, 2.45) is 5.41 Å². The maximum absolute atomic E-state index is 11.8. The van der Waals surface area contributed by atoms with Crippen LogP contribution >= 0.6 is 85.8 Å². The third kappa shape index (κ3) is 23.4. The average molecular weight is 774 g/mol. The summed E-state index contributed by atoms with van der Waals surface area (Å²) in [5.74, 6) is 1.66. The molecule has 0 spiro atoms. The molecule has 0 fully saturated rings. The molecule has 0 N–H and O–H groups in total. The Bertz CT molecular complexity index is 971. The summed E-state index contributed by atoms with van der Waals surface area (Å²) < 4.78 is 26.6. The third-order valence-corrected chi connectivity index (χ3v) is 7.90. The summed E-state index contributed by atoms with van der Waals surface area (Å²) in [6.45, 7) is 10.8. The quantitative estimate of drug-likeness (QED) is 0.0188. The lowest BCUT2D eigenvalue weighted by molar-refractivity contribution is -0.171. The zero-order chi connectivity index (χ0) is 34.5. The molecule has 18 heteroatoms. The van der Waals surface area contributed by atoms with Gasteiger partial charge in [-0.3, -0.25) is 14.4 Å². The Morgan fingerprint density at radius 3 is 1.46 bits per heavy atom. The molecule has 0 aromatic carbocycles. The number of thioether (sulfide) groups is 3. The average Bonchev–Trinajstić information content (AvgIpc) is 3.04. The van der Waals surface area contributed by atoms with Gasteiger partial charge in [-0.25, -0.2) is 0 Å². The first kappa shape index (κ1) is 45.0. The van der Waals surface area contributed by atoms with Gasteiger partial charge in [-0.15, -0.1) is 13.2 Å². The topological polar surface area (TPSA) is 136 Å². The van der Waals surface area contributed by atoms with Gasteiger partial charge in [0.2, 0.25) is 0 Å². The zero-order valence-corrected chi connectivity index (χ0v) is 31.6. The van der Waals surface area contributed by atoms with Gasteiger partial charge in [0.25, 0.3) is 0 Å². The molecule has 1 aromatic heterocycles. The minimum Gasteiger partial charge on any atom is -0.465 e. The Kier molecular flexibility index (Phi) is 29.4. The van der Waals surface area contributed by atoms with Crippen LogP contribution < -0.4 is 0 Å². The van der Waals surface area contributed by atoms with Gasteiger partial charge in [0, 0.05) is 34.5 Å². The fourth-order valence-corrected chi connectivity index (χ4v) is 5.14. The first-order chi connectivity index (χ1) is 22.2. The predicted octanol–water partition coefficient (Wildman–Crippen LogP) is 5.15. The van der Waals surface area contributed by atoms with Crippen molar-refractivity contribution >= 4 is 104 Å². The van der Waals surface area contributed by atoms with Gasteiger partial charge in [0.05, 0.1) is 37.9 Å². The minimum atomic E-state index is -1.09. The van der Waals surface area contributed by atoms with Gasteiger partial charge in [0.1, 0.15) is 26.6 Å².